The lowest BCUT2D eigenvalue weighted by molar-refractivity contribution is 0.215. The SMILES string of the molecule is O=C(Nc1ccc(F)cc1)Oc1ccc2nc(-c3c(Cl)cccc3Cl)[nH]c2c1. The first-order valence-electron chi connectivity index (χ1n) is 8.18. The van der Waals surface area contributed by atoms with E-state index in [1.165, 1.54) is 24.3 Å². The molecule has 0 bridgehead atoms. The molecular formula is C20H12Cl2FN3O2. The summed E-state index contributed by atoms with van der Waals surface area (Å²) in [4.78, 5) is 19.6. The summed E-state index contributed by atoms with van der Waals surface area (Å²) in [6.07, 6.45) is -0.695. The number of imidazole rings is 1. The van der Waals surface area contributed by atoms with E-state index in [2.05, 4.69) is 15.3 Å². The molecule has 2 N–H and O–H groups in total. The van der Waals surface area contributed by atoms with Crippen molar-refractivity contribution in [2.75, 3.05) is 5.32 Å². The molecule has 0 aliphatic carbocycles. The first kappa shape index (κ1) is 18.3. The lowest BCUT2D eigenvalue weighted by Gasteiger charge is -2.06. The fraction of sp³-hybridized carbons (Fsp3) is 0. The van der Waals surface area contributed by atoms with Gasteiger partial charge in [-0.1, -0.05) is 29.3 Å². The number of nitrogens with zero attached hydrogens (tertiary/aromatic N) is 1. The maximum atomic E-state index is 12.9. The predicted octanol–water partition coefficient (Wildman–Crippen LogP) is 6.29. The van der Waals surface area contributed by atoms with Crippen LogP contribution in [0.25, 0.3) is 22.4 Å². The summed E-state index contributed by atoms with van der Waals surface area (Å²) < 4.78 is 18.2. The molecule has 0 radical (unpaired) electrons. The van der Waals surface area contributed by atoms with Crippen LogP contribution in [0.15, 0.2) is 60.7 Å². The van der Waals surface area contributed by atoms with E-state index in [0.29, 0.717) is 43.9 Å². The monoisotopic (exact) mass is 415 g/mol. The van der Waals surface area contributed by atoms with Crippen LogP contribution in [0, 0.1) is 5.82 Å². The molecule has 0 fully saturated rings. The van der Waals surface area contributed by atoms with Crippen LogP contribution in [0.3, 0.4) is 0 Å². The van der Waals surface area contributed by atoms with E-state index in [-0.39, 0.29) is 0 Å². The highest BCUT2D eigenvalue weighted by molar-refractivity contribution is 6.39. The Morgan fingerprint density at radius 2 is 1.75 bits per heavy atom. The maximum Gasteiger partial charge on any atom is 0.417 e. The summed E-state index contributed by atoms with van der Waals surface area (Å²) >= 11 is 12.5. The van der Waals surface area contributed by atoms with Gasteiger partial charge in [0.25, 0.3) is 0 Å². The Kier molecular flexibility index (Phi) is 4.90. The van der Waals surface area contributed by atoms with Gasteiger partial charge in [-0.25, -0.2) is 14.2 Å². The molecule has 0 spiro atoms. The van der Waals surface area contributed by atoms with E-state index in [4.69, 9.17) is 27.9 Å². The highest BCUT2D eigenvalue weighted by Gasteiger charge is 2.14. The minimum absolute atomic E-state index is 0.313. The number of benzene rings is 3. The first-order valence-corrected chi connectivity index (χ1v) is 8.94. The van der Waals surface area contributed by atoms with Gasteiger partial charge in [-0.2, -0.15) is 0 Å². The second kappa shape index (κ2) is 7.50. The minimum atomic E-state index is -0.695. The van der Waals surface area contributed by atoms with Crippen molar-refractivity contribution in [1.82, 2.24) is 9.97 Å². The standard InChI is InChI=1S/C20H12Cl2FN3O2/c21-14-2-1-3-15(22)18(14)19-25-16-9-8-13(10-17(16)26-19)28-20(27)24-12-6-4-11(23)5-7-12/h1-10H,(H,24,27)(H,25,26). The molecule has 8 heteroatoms. The molecule has 28 heavy (non-hydrogen) atoms. The fourth-order valence-corrected chi connectivity index (χ4v) is 3.25. The number of nitrogens with one attached hydrogen (secondary N) is 2. The highest BCUT2D eigenvalue weighted by Crippen LogP contribution is 2.34. The number of halogens is 3. The molecule has 4 aromatic rings. The van der Waals surface area contributed by atoms with Gasteiger partial charge in [-0.05, 0) is 48.5 Å². The van der Waals surface area contributed by atoms with Gasteiger partial charge in [-0.3, -0.25) is 5.32 Å². The number of amides is 1. The smallest absolute Gasteiger partial charge is 0.410 e. The molecule has 4 rings (SSSR count). The fourth-order valence-electron chi connectivity index (χ4n) is 2.68. The lowest BCUT2D eigenvalue weighted by atomic mass is 10.2. The van der Waals surface area contributed by atoms with Crippen LogP contribution in [-0.2, 0) is 0 Å². The molecule has 1 amide bonds. The van der Waals surface area contributed by atoms with Crippen LogP contribution >= 0.6 is 23.2 Å². The van der Waals surface area contributed by atoms with Crippen LogP contribution in [-0.4, -0.2) is 16.1 Å². The van der Waals surface area contributed by atoms with Crippen molar-refractivity contribution in [2.45, 2.75) is 0 Å². The number of hydrogen-bond donors (Lipinski definition) is 2. The molecule has 0 aliphatic heterocycles. The Hall–Kier alpha value is -3.09. The van der Waals surface area contributed by atoms with Crippen molar-refractivity contribution in [3.8, 4) is 17.1 Å². The van der Waals surface area contributed by atoms with Crippen LogP contribution in [0.5, 0.6) is 5.75 Å². The summed E-state index contributed by atoms with van der Waals surface area (Å²) in [5, 5.41) is 3.47. The van der Waals surface area contributed by atoms with Gasteiger partial charge in [0.1, 0.15) is 17.4 Å². The maximum absolute atomic E-state index is 12.9. The summed E-state index contributed by atoms with van der Waals surface area (Å²) in [6, 6.07) is 15.5. The first-order chi connectivity index (χ1) is 13.5. The Labute approximate surface area is 169 Å². The van der Waals surface area contributed by atoms with E-state index < -0.39 is 11.9 Å². The zero-order valence-electron chi connectivity index (χ0n) is 14.2. The third-order valence-corrected chi connectivity index (χ3v) is 4.58. The molecule has 1 aromatic heterocycles. The minimum Gasteiger partial charge on any atom is -0.410 e. The molecule has 0 saturated carbocycles. The number of aromatic amines is 1. The van der Waals surface area contributed by atoms with Crippen LogP contribution in [0.4, 0.5) is 14.9 Å². The average Bonchev–Trinajstić information content (AvgIpc) is 3.06. The van der Waals surface area contributed by atoms with Gasteiger partial charge in [0.05, 0.1) is 26.6 Å². The summed E-state index contributed by atoms with van der Waals surface area (Å²) in [5.74, 6) is 0.434. The number of carbonyl (C=O) groups excluding carboxylic acids is 1. The summed E-state index contributed by atoms with van der Waals surface area (Å²) in [5.41, 5.74) is 2.33. The quantitative estimate of drug-likeness (QED) is 0.413. The van der Waals surface area contributed by atoms with Crippen molar-refractivity contribution >= 4 is 46.0 Å². The Bertz CT molecular complexity index is 1160. The van der Waals surface area contributed by atoms with Gasteiger partial charge in [0.15, 0.2) is 0 Å². The molecule has 0 unspecified atom stereocenters. The highest BCUT2D eigenvalue weighted by atomic mass is 35.5. The average molecular weight is 416 g/mol. The lowest BCUT2D eigenvalue weighted by Crippen LogP contribution is -2.16. The Balaban J connectivity index is 1.56. The third kappa shape index (κ3) is 3.78. The van der Waals surface area contributed by atoms with Crippen molar-refractivity contribution in [2.24, 2.45) is 0 Å². The largest absolute Gasteiger partial charge is 0.417 e. The third-order valence-electron chi connectivity index (χ3n) is 3.95. The van der Waals surface area contributed by atoms with Crippen LogP contribution in [0.2, 0.25) is 10.0 Å². The number of carbonyl (C=O) groups is 1. The van der Waals surface area contributed by atoms with Crippen molar-refractivity contribution in [1.29, 1.82) is 0 Å². The molecule has 0 atom stereocenters. The molecule has 1 heterocycles. The molecule has 3 aromatic carbocycles. The van der Waals surface area contributed by atoms with Gasteiger partial charge in [0, 0.05) is 11.8 Å². The van der Waals surface area contributed by atoms with Crippen molar-refractivity contribution < 1.29 is 13.9 Å². The van der Waals surface area contributed by atoms with Gasteiger partial charge < -0.3 is 9.72 Å². The number of H-pyrrole nitrogens is 1. The number of aromatic nitrogens is 2. The normalized spacial score (nSPS) is 10.8. The van der Waals surface area contributed by atoms with Crippen LogP contribution < -0.4 is 10.1 Å². The number of rotatable bonds is 3. The number of hydrogen-bond acceptors (Lipinski definition) is 3. The Morgan fingerprint density at radius 1 is 1.04 bits per heavy atom. The molecule has 5 nitrogen and oxygen atoms in total. The molecule has 0 saturated heterocycles. The number of fused-ring (bicyclic) bond motifs is 1. The predicted molar refractivity (Wildman–Crippen MR) is 108 cm³/mol. The summed E-state index contributed by atoms with van der Waals surface area (Å²) in [6.45, 7) is 0. The Morgan fingerprint density at radius 3 is 2.46 bits per heavy atom. The van der Waals surface area contributed by atoms with E-state index in [9.17, 15) is 9.18 Å². The van der Waals surface area contributed by atoms with Gasteiger partial charge >= 0.3 is 6.09 Å². The zero-order chi connectivity index (χ0) is 19.7. The number of ether oxygens (including phenoxy) is 1. The topological polar surface area (TPSA) is 67.0 Å². The molecule has 140 valence electrons. The zero-order valence-corrected chi connectivity index (χ0v) is 15.7. The van der Waals surface area contributed by atoms with Gasteiger partial charge in [-0.15, -0.1) is 0 Å². The van der Waals surface area contributed by atoms with E-state index in [0.717, 1.165) is 0 Å². The second-order valence-electron chi connectivity index (χ2n) is 5.88. The number of anilines is 1. The summed E-state index contributed by atoms with van der Waals surface area (Å²) in [7, 11) is 0. The van der Waals surface area contributed by atoms with Crippen molar-refractivity contribution in [3.05, 3.63) is 76.5 Å². The van der Waals surface area contributed by atoms with E-state index in [1.807, 2.05) is 0 Å². The molecule has 0 aliphatic rings. The van der Waals surface area contributed by atoms with E-state index >= 15 is 0 Å². The van der Waals surface area contributed by atoms with E-state index in [1.54, 1.807) is 36.4 Å². The molecular weight excluding hydrogens is 404 g/mol. The van der Waals surface area contributed by atoms with Crippen LogP contribution in [0.1, 0.15) is 0 Å². The van der Waals surface area contributed by atoms with Crippen molar-refractivity contribution in [3.63, 3.8) is 0 Å². The van der Waals surface area contributed by atoms with Gasteiger partial charge in [0.2, 0.25) is 0 Å². The second-order valence-corrected chi connectivity index (χ2v) is 6.70.